The first-order valence-electron chi connectivity index (χ1n) is 10.2. The van der Waals surface area contributed by atoms with Crippen molar-refractivity contribution in [2.45, 2.75) is 19.4 Å². The van der Waals surface area contributed by atoms with Gasteiger partial charge in [-0.15, -0.1) is 0 Å². The summed E-state index contributed by atoms with van der Waals surface area (Å²) in [5, 5.41) is 0.432. The number of amides is 1. The molecule has 2 fully saturated rings. The Labute approximate surface area is 188 Å². The number of hydrogen-bond donors (Lipinski definition) is 0. The number of benzene rings is 2. The molecule has 31 heavy (non-hydrogen) atoms. The van der Waals surface area contributed by atoms with Gasteiger partial charge in [0.05, 0.1) is 33.1 Å². The van der Waals surface area contributed by atoms with E-state index >= 15 is 0 Å². The number of methoxy groups -OCH3 is 2. The summed E-state index contributed by atoms with van der Waals surface area (Å²) < 4.78 is 16.2. The topological polar surface area (TPSA) is 54.5 Å². The van der Waals surface area contributed by atoms with E-state index in [9.17, 15) is 4.79 Å². The standard InChI is InChI=1S/C23H27N3O4S/c1-23(2)21(27)25(18-9-10-19(28-3)20(15-18)29-4)22(31)26(23)17-7-5-16(6-8-17)24-11-13-30-14-12-24/h5-10,15H,11-14H2,1-4H3. The summed E-state index contributed by atoms with van der Waals surface area (Å²) in [4.78, 5) is 19.2. The Balaban J connectivity index is 1.65. The zero-order valence-electron chi connectivity index (χ0n) is 18.3. The van der Waals surface area contributed by atoms with Crippen molar-refractivity contribution in [1.29, 1.82) is 0 Å². The molecule has 2 aliphatic rings. The Kier molecular flexibility index (Phi) is 5.77. The summed E-state index contributed by atoms with van der Waals surface area (Å²) in [7, 11) is 3.15. The minimum atomic E-state index is -0.829. The molecule has 0 N–H and O–H groups in total. The average Bonchev–Trinajstić information content (AvgIpc) is 2.97. The fourth-order valence-corrected chi connectivity index (χ4v) is 4.58. The SMILES string of the molecule is COc1ccc(N2C(=O)C(C)(C)N(c3ccc(N4CCOCC4)cc3)C2=S)cc1OC. The van der Waals surface area contributed by atoms with Gasteiger partial charge in [0, 0.05) is 30.5 Å². The molecular formula is C23H27N3O4S. The van der Waals surface area contributed by atoms with Gasteiger partial charge >= 0.3 is 0 Å². The molecule has 2 aliphatic heterocycles. The smallest absolute Gasteiger partial charge is 0.259 e. The first-order valence-corrected chi connectivity index (χ1v) is 10.6. The monoisotopic (exact) mass is 441 g/mol. The molecule has 2 aromatic carbocycles. The van der Waals surface area contributed by atoms with E-state index in [2.05, 4.69) is 17.0 Å². The Hall–Kier alpha value is -2.84. The average molecular weight is 442 g/mol. The summed E-state index contributed by atoms with van der Waals surface area (Å²) in [6, 6.07) is 13.5. The summed E-state index contributed by atoms with van der Waals surface area (Å²) in [6.07, 6.45) is 0. The number of hydrogen-bond acceptors (Lipinski definition) is 6. The lowest BCUT2D eigenvalue weighted by molar-refractivity contribution is -0.120. The highest BCUT2D eigenvalue weighted by Crippen LogP contribution is 2.39. The van der Waals surface area contributed by atoms with E-state index < -0.39 is 5.54 Å². The Morgan fingerprint density at radius 1 is 0.903 bits per heavy atom. The highest BCUT2D eigenvalue weighted by Gasteiger charge is 2.50. The second-order valence-electron chi connectivity index (χ2n) is 7.97. The number of morpholine rings is 1. The summed E-state index contributed by atoms with van der Waals surface area (Å²) in [5.41, 5.74) is 1.83. The van der Waals surface area contributed by atoms with Gasteiger partial charge in [0.25, 0.3) is 5.91 Å². The molecule has 2 aromatic rings. The molecule has 0 aliphatic carbocycles. The molecule has 164 valence electrons. The number of carbonyl (C=O) groups excluding carboxylic acids is 1. The lowest BCUT2D eigenvalue weighted by atomic mass is 10.0. The van der Waals surface area contributed by atoms with Gasteiger partial charge < -0.3 is 24.0 Å². The third-order valence-electron chi connectivity index (χ3n) is 5.78. The van der Waals surface area contributed by atoms with Gasteiger partial charge in [-0.3, -0.25) is 9.69 Å². The third kappa shape index (κ3) is 3.70. The van der Waals surface area contributed by atoms with E-state index in [1.807, 2.05) is 36.9 Å². The Bertz CT molecular complexity index is 987. The van der Waals surface area contributed by atoms with Crippen LogP contribution in [0.5, 0.6) is 11.5 Å². The van der Waals surface area contributed by atoms with E-state index in [4.69, 9.17) is 26.4 Å². The van der Waals surface area contributed by atoms with Crippen molar-refractivity contribution < 1.29 is 19.0 Å². The molecule has 1 amide bonds. The first kappa shape index (κ1) is 21.4. The van der Waals surface area contributed by atoms with Gasteiger partial charge in [-0.25, -0.2) is 0 Å². The fourth-order valence-electron chi connectivity index (χ4n) is 4.05. The van der Waals surface area contributed by atoms with Crippen molar-refractivity contribution in [3.05, 3.63) is 42.5 Å². The van der Waals surface area contributed by atoms with Crippen LogP contribution >= 0.6 is 12.2 Å². The maximum atomic E-state index is 13.4. The van der Waals surface area contributed by atoms with Crippen LogP contribution in [0.4, 0.5) is 17.1 Å². The van der Waals surface area contributed by atoms with Crippen LogP contribution < -0.4 is 24.2 Å². The van der Waals surface area contributed by atoms with E-state index in [1.54, 1.807) is 31.3 Å². The largest absolute Gasteiger partial charge is 0.493 e. The summed E-state index contributed by atoms with van der Waals surface area (Å²) >= 11 is 5.78. The van der Waals surface area contributed by atoms with Crippen LogP contribution in [0.25, 0.3) is 0 Å². The Morgan fingerprint density at radius 2 is 1.48 bits per heavy atom. The molecule has 0 radical (unpaired) electrons. The Morgan fingerprint density at radius 3 is 2.10 bits per heavy atom. The van der Waals surface area contributed by atoms with Crippen molar-refractivity contribution in [2.24, 2.45) is 0 Å². The molecule has 7 nitrogen and oxygen atoms in total. The zero-order valence-corrected chi connectivity index (χ0v) is 19.1. The predicted octanol–water partition coefficient (Wildman–Crippen LogP) is 3.46. The molecule has 0 saturated carbocycles. The number of carbonyl (C=O) groups is 1. The number of ether oxygens (including phenoxy) is 3. The van der Waals surface area contributed by atoms with Crippen LogP contribution in [-0.4, -0.2) is 57.1 Å². The van der Waals surface area contributed by atoms with Crippen molar-refractivity contribution in [1.82, 2.24) is 0 Å². The van der Waals surface area contributed by atoms with Crippen LogP contribution in [0.2, 0.25) is 0 Å². The van der Waals surface area contributed by atoms with E-state index in [-0.39, 0.29) is 5.91 Å². The molecule has 0 atom stereocenters. The van der Waals surface area contributed by atoms with Crippen LogP contribution in [0.15, 0.2) is 42.5 Å². The molecule has 2 heterocycles. The van der Waals surface area contributed by atoms with Crippen molar-refractivity contribution in [3.63, 3.8) is 0 Å². The quantitative estimate of drug-likeness (QED) is 0.659. The van der Waals surface area contributed by atoms with Gasteiger partial charge in [0.1, 0.15) is 5.54 Å². The highest BCUT2D eigenvalue weighted by molar-refractivity contribution is 7.81. The van der Waals surface area contributed by atoms with Crippen LogP contribution in [0.3, 0.4) is 0 Å². The van der Waals surface area contributed by atoms with Crippen LogP contribution in [-0.2, 0) is 9.53 Å². The molecule has 0 spiro atoms. The van der Waals surface area contributed by atoms with Crippen molar-refractivity contribution >= 4 is 40.3 Å². The third-order valence-corrected chi connectivity index (χ3v) is 6.14. The lowest BCUT2D eigenvalue weighted by Gasteiger charge is -2.31. The van der Waals surface area contributed by atoms with Gasteiger partial charge in [0.15, 0.2) is 16.6 Å². The highest BCUT2D eigenvalue weighted by atomic mass is 32.1. The number of anilines is 3. The molecule has 0 unspecified atom stereocenters. The van der Waals surface area contributed by atoms with E-state index in [1.165, 1.54) is 0 Å². The summed E-state index contributed by atoms with van der Waals surface area (Å²) in [5.74, 6) is 1.04. The van der Waals surface area contributed by atoms with Crippen LogP contribution in [0, 0.1) is 0 Å². The second-order valence-corrected chi connectivity index (χ2v) is 8.34. The number of rotatable bonds is 5. The number of thiocarbonyl (C=S) groups is 1. The molecule has 0 aromatic heterocycles. The minimum absolute atomic E-state index is 0.0954. The van der Waals surface area contributed by atoms with Gasteiger partial charge in [-0.2, -0.15) is 0 Å². The van der Waals surface area contributed by atoms with Gasteiger partial charge in [-0.1, -0.05) is 0 Å². The maximum Gasteiger partial charge on any atom is 0.259 e. The number of nitrogens with zero attached hydrogens (tertiary/aromatic N) is 3. The predicted molar refractivity (Wildman–Crippen MR) is 126 cm³/mol. The first-order chi connectivity index (χ1) is 14.9. The zero-order chi connectivity index (χ0) is 22.2. The lowest BCUT2D eigenvalue weighted by Crippen LogP contribution is -2.44. The van der Waals surface area contributed by atoms with E-state index in [0.29, 0.717) is 22.3 Å². The molecule has 0 bridgehead atoms. The van der Waals surface area contributed by atoms with Crippen molar-refractivity contribution in [2.75, 3.05) is 55.2 Å². The summed E-state index contributed by atoms with van der Waals surface area (Å²) in [6.45, 7) is 6.99. The van der Waals surface area contributed by atoms with E-state index in [0.717, 1.165) is 37.7 Å². The van der Waals surface area contributed by atoms with Gasteiger partial charge in [-0.05, 0) is 62.5 Å². The molecule has 2 saturated heterocycles. The van der Waals surface area contributed by atoms with Crippen molar-refractivity contribution in [3.8, 4) is 11.5 Å². The maximum absolute atomic E-state index is 13.4. The minimum Gasteiger partial charge on any atom is -0.493 e. The second kappa shape index (κ2) is 8.36. The normalized spacial score (nSPS) is 18.5. The fraction of sp³-hybridized carbons (Fsp3) is 0.391. The van der Waals surface area contributed by atoms with Gasteiger partial charge in [0.2, 0.25) is 0 Å². The molecule has 8 heteroatoms. The molecular weight excluding hydrogens is 414 g/mol. The van der Waals surface area contributed by atoms with Crippen LogP contribution in [0.1, 0.15) is 13.8 Å². The molecule has 4 rings (SSSR count).